The van der Waals surface area contributed by atoms with Crippen LogP contribution >= 0.6 is 11.6 Å². The number of aryl methyl sites for hydroxylation is 2. The lowest BCUT2D eigenvalue weighted by atomic mass is 10.1. The molecule has 0 fully saturated rings. The van der Waals surface area contributed by atoms with E-state index in [-0.39, 0.29) is 23.6 Å². The number of aromatic nitrogens is 4. The lowest BCUT2D eigenvalue weighted by Gasteiger charge is -2.13. The maximum atomic E-state index is 13.4. The Balaban J connectivity index is 1.42. The highest BCUT2D eigenvalue weighted by Gasteiger charge is 2.31. The summed E-state index contributed by atoms with van der Waals surface area (Å²) in [6, 6.07) is 3.73. The number of amides is 2. The molecule has 1 atom stereocenters. The van der Waals surface area contributed by atoms with Crippen LogP contribution < -0.4 is 10.6 Å². The number of H-pyrrole nitrogens is 1. The predicted molar refractivity (Wildman–Crippen MR) is 115 cm³/mol. The molecule has 0 spiro atoms. The number of carbonyl (C=O) groups excluding carboxylic acids is 2. The Hall–Kier alpha value is -3.40. The van der Waals surface area contributed by atoms with Crippen LogP contribution in [0.25, 0.3) is 0 Å². The lowest BCUT2D eigenvalue weighted by Crippen LogP contribution is -2.27. The second-order valence-corrected chi connectivity index (χ2v) is 7.89. The van der Waals surface area contributed by atoms with Crippen molar-refractivity contribution in [1.29, 1.82) is 0 Å². The van der Waals surface area contributed by atoms with Crippen molar-refractivity contribution >= 4 is 29.3 Å². The summed E-state index contributed by atoms with van der Waals surface area (Å²) < 4.78 is 20.4. The molecule has 9 nitrogen and oxygen atoms in total. The number of fused-ring (bicyclic) bond motifs is 1. The highest BCUT2D eigenvalue weighted by molar-refractivity contribution is 6.31. The first-order valence-electron chi connectivity index (χ1n) is 10.1. The van der Waals surface area contributed by atoms with Crippen LogP contribution in [0.3, 0.4) is 0 Å². The zero-order valence-electron chi connectivity index (χ0n) is 17.5. The molecule has 1 unspecified atom stereocenters. The molecule has 11 heteroatoms. The molecule has 2 heterocycles. The van der Waals surface area contributed by atoms with E-state index >= 15 is 0 Å². The molecular formula is C21H22ClFN6O3. The number of halogens is 2. The molecule has 0 bridgehead atoms. The number of aromatic amines is 1. The van der Waals surface area contributed by atoms with E-state index in [0.29, 0.717) is 36.3 Å². The molecule has 3 N–H and O–H groups in total. The van der Waals surface area contributed by atoms with Crippen molar-refractivity contribution in [2.45, 2.75) is 38.8 Å². The smallest absolute Gasteiger partial charge is 0.408 e. The molecule has 2 aromatic heterocycles. The summed E-state index contributed by atoms with van der Waals surface area (Å²) in [5, 5.41) is 16.0. The number of hydrogen-bond donors (Lipinski definition) is 3. The standard InChI is InChI=1S/C21H22ClFN6O3/c1-3-16-18(27-28-26-16)10-32-21(31)25-17-7-5-12-13(17)9-29(2)19(12)20(30)24-11-4-6-15(23)14(22)8-11/h4,6,8-9,17H,3,5,7,10H2,1-2H3,(H,24,30)(H,25,31)(H,26,27,28). The van der Waals surface area contributed by atoms with E-state index in [1.807, 2.05) is 13.1 Å². The van der Waals surface area contributed by atoms with Gasteiger partial charge in [-0.15, -0.1) is 0 Å². The van der Waals surface area contributed by atoms with E-state index < -0.39 is 11.9 Å². The maximum Gasteiger partial charge on any atom is 0.408 e. The third-order valence-corrected chi connectivity index (χ3v) is 5.73. The zero-order valence-corrected chi connectivity index (χ0v) is 18.3. The third kappa shape index (κ3) is 4.31. The SMILES string of the molecule is CCc1n[nH]nc1COC(=O)NC1CCc2c1cn(C)c2C(=O)Nc1ccc(F)c(Cl)c1. The molecule has 1 aliphatic rings. The molecule has 1 aromatic carbocycles. The lowest BCUT2D eigenvalue weighted by molar-refractivity contribution is 0.101. The Morgan fingerprint density at radius 2 is 2.12 bits per heavy atom. The van der Waals surface area contributed by atoms with E-state index in [0.717, 1.165) is 16.8 Å². The monoisotopic (exact) mass is 460 g/mol. The number of nitrogens with one attached hydrogen (secondary N) is 3. The van der Waals surface area contributed by atoms with Crippen molar-refractivity contribution in [2.24, 2.45) is 7.05 Å². The van der Waals surface area contributed by atoms with Crippen molar-refractivity contribution in [3.05, 3.63) is 63.4 Å². The first-order valence-corrected chi connectivity index (χ1v) is 10.5. The second kappa shape index (κ2) is 8.99. The minimum Gasteiger partial charge on any atom is -0.443 e. The van der Waals surface area contributed by atoms with Crippen LogP contribution in [0.15, 0.2) is 24.4 Å². The van der Waals surface area contributed by atoms with Gasteiger partial charge < -0.3 is 19.9 Å². The molecule has 0 saturated carbocycles. The molecule has 3 aromatic rings. The average molecular weight is 461 g/mol. The van der Waals surface area contributed by atoms with Gasteiger partial charge in [0.1, 0.15) is 23.8 Å². The normalized spacial score (nSPS) is 14.8. The summed E-state index contributed by atoms with van der Waals surface area (Å²) in [6.45, 7) is 1.96. The van der Waals surface area contributed by atoms with E-state index in [2.05, 4.69) is 26.0 Å². The van der Waals surface area contributed by atoms with Gasteiger partial charge in [0.05, 0.1) is 16.8 Å². The minimum absolute atomic E-state index is 0.0216. The van der Waals surface area contributed by atoms with Gasteiger partial charge in [-0.2, -0.15) is 15.4 Å². The number of ether oxygens (including phenoxy) is 1. The number of hydrogen-bond acceptors (Lipinski definition) is 5. The molecule has 1 aliphatic carbocycles. The third-order valence-electron chi connectivity index (χ3n) is 5.44. The molecule has 2 amide bonds. The van der Waals surface area contributed by atoms with Gasteiger partial charge >= 0.3 is 6.09 Å². The van der Waals surface area contributed by atoms with Gasteiger partial charge in [0.2, 0.25) is 0 Å². The Labute approximate surface area is 188 Å². The van der Waals surface area contributed by atoms with Crippen LogP contribution in [0, 0.1) is 5.82 Å². The van der Waals surface area contributed by atoms with Crippen LogP contribution in [0.4, 0.5) is 14.9 Å². The summed E-state index contributed by atoms with van der Waals surface area (Å²) in [5.74, 6) is -0.891. The largest absolute Gasteiger partial charge is 0.443 e. The van der Waals surface area contributed by atoms with Crippen LogP contribution in [0.5, 0.6) is 0 Å². The highest BCUT2D eigenvalue weighted by Crippen LogP contribution is 2.35. The second-order valence-electron chi connectivity index (χ2n) is 7.49. The van der Waals surface area contributed by atoms with Crippen molar-refractivity contribution in [1.82, 2.24) is 25.3 Å². The van der Waals surface area contributed by atoms with Gasteiger partial charge in [0.15, 0.2) is 0 Å². The molecule has 0 saturated heterocycles. The van der Waals surface area contributed by atoms with Gasteiger partial charge in [-0.3, -0.25) is 4.79 Å². The average Bonchev–Trinajstić information content (AvgIpc) is 3.45. The van der Waals surface area contributed by atoms with Crippen molar-refractivity contribution in [3.8, 4) is 0 Å². The molecule has 0 radical (unpaired) electrons. The number of anilines is 1. The number of nitrogens with zero attached hydrogens (tertiary/aromatic N) is 3. The summed E-state index contributed by atoms with van der Waals surface area (Å²) >= 11 is 5.80. The fraction of sp³-hybridized carbons (Fsp3) is 0.333. The van der Waals surface area contributed by atoms with Gasteiger partial charge in [-0.05, 0) is 48.6 Å². The van der Waals surface area contributed by atoms with Crippen LogP contribution in [-0.2, 0) is 31.2 Å². The van der Waals surface area contributed by atoms with E-state index in [9.17, 15) is 14.0 Å². The fourth-order valence-electron chi connectivity index (χ4n) is 3.91. The highest BCUT2D eigenvalue weighted by atomic mass is 35.5. The maximum absolute atomic E-state index is 13.4. The Bertz CT molecular complexity index is 1170. The zero-order chi connectivity index (χ0) is 22.8. The Morgan fingerprint density at radius 1 is 1.34 bits per heavy atom. The Morgan fingerprint density at radius 3 is 2.88 bits per heavy atom. The summed E-state index contributed by atoms with van der Waals surface area (Å²) in [4.78, 5) is 25.2. The molecule has 32 heavy (non-hydrogen) atoms. The molecular weight excluding hydrogens is 439 g/mol. The molecule has 4 rings (SSSR count). The summed E-state index contributed by atoms with van der Waals surface area (Å²) in [5.41, 5.74) is 3.94. The topological polar surface area (TPSA) is 114 Å². The number of rotatable bonds is 6. The van der Waals surface area contributed by atoms with Gasteiger partial charge in [-0.25, -0.2) is 9.18 Å². The van der Waals surface area contributed by atoms with Crippen molar-refractivity contribution in [2.75, 3.05) is 5.32 Å². The van der Waals surface area contributed by atoms with E-state index in [1.54, 1.807) is 11.6 Å². The van der Waals surface area contributed by atoms with Gasteiger partial charge in [0, 0.05) is 18.9 Å². The van der Waals surface area contributed by atoms with E-state index in [4.69, 9.17) is 16.3 Å². The predicted octanol–water partition coefficient (Wildman–Crippen LogP) is 3.66. The number of carbonyl (C=O) groups is 2. The van der Waals surface area contributed by atoms with E-state index in [1.165, 1.54) is 18.2 Å². The summed E-state index contributed by atoms with van der Waals surface area (Å²) in [6.07, 6.45) is 3.21. The quantitative estimate of drug-likeness (QED) is 0.519. The van der Waals surface area contributed by atoms with Crippen molar-refractivity contribution < 1.29 is 18.7 Å². The number of alkyl carbamates (subject to hydrolysis) is 1. The molecule has 0 aliphatic heterocycles. The number of benzene rings is 1. The van der Waals surface area contributed by atoms with Crippen LogP contribution in [0.1, 0.15) is 52.4 Å². The first kappa shape index (κ1) is 21.8. The molecule has 168 valence electrons. The minimum atomic E-state index is -0.566. The van der Waals surface area contributed by atoms with Gasteiger partial charge in [-0.1, -0.05) is 18.5 Å². The summed E-state index contributed by atoms with van der Waals surface area (Å²) in [7, 11) is 1.76. The fourth-order valence-corrected chi connectivity index (χ4v) is 4.09. The first-order chi connectivity index (χ1) is 15.4. The van der Waals surface area contributed by atoms with Crippen molar-refractivity contribution in [3.63, 3.8) is 0 Å². The van der Waals surface area contributed by atoms with Crippen LogP contribution in [0.2, 0.25) is 5.02 Å². The van der Waals surface area contributed by atoms with Crippen LogP contribution in [-0.4, -0.2) is 32.0 Å². The van der Waals surface area contributed by atoms with Gasteiger partial charge in [0.25, 0.3) is 5.91 Å². The Kier molecular flexibility index (Phi) is 6.13.